The zero-order valence-corrected chi connectivity index (χ0v) is 12.2. The molecule has 100 valence electrons. The third-order valence-corrected chi connectivity index (χ3v) is 4.96. The highest BCUT2D eigenvalue weighted by molar-refractivity contribution is 7.15. The van der Waals surface area contributed by atoms with Gasteiger partial charge in [0, 0.05) is 30.9 Å². The smallest absolute Gasteiger partial charge is 0.185 e. The van der Waals surface area contributed by atoms with Crippen LogP contribution in [-0.2, 0) is 6.54 Å². The Morgan fingerprint density at radius 2 is 2.11 bits per heavy atom. The maximum absolute atomic E-state index is 4.91. The zero-order chi connectivity index (χ0) is 12.5. The molecule has 0 atom stereocenters. The number of thiazole rings is 1. The minimum Gasteiger partial charge on any atom is -0.351 e. The highest BCUT2D eigenvalue weighted by Gasteiger charge is 2.31. The number of hydrogen-bond donors (Lipinski definition) is 1. The van der Waals surface area contributed by atoms with Crippen molar-refractivity contribution in [2.75, 3.05) is 25.0 Å². The lowest BCUT2D eigenvalue weighted by atomic mass is 10.2. The summed E-state index contributed by atoms with van der Waals surface area (Å²) in [6.45, 7) is 5.39. The van der Waals surface area contributed by atoms with Gasteiger partial charge in [0.05, 0.1) is 5.69 Å². The lowest BCUT2D eigenvalue weighted by Crippen LogP contribution is -2.19. The summed E-state index contributed by atoms with van der Waals surface area (Å²) in [6.07, 6.45) is 5.51. The second-order valence-corrected chi connectivity index (χ2v) is 6.75. The van der Waals surface area contributed by atoms with Crippen LogP contribution in [-0.4, -0.2) is 25.1 Å². The minimum atomic E-state index is 0.762. The quantitative estimate of drug-likeness (QED) is 0.821. The van der Waals surface area contributed by atoms with Crippen molar-refractivity contribution in [3.05, 3.63) is 10.6 Å². The topological polar surface area (TPSA) is 28.2 Å². The largest absolute Gasteiger partial charge is 0.351 e. The Bertz CT molecular complexity index is 407. The molecule has 2 aliphatic rings. The number of aromatic nitrogens is 1. The van der Waals surface area contributed by atoms with Crippen molar-refractivity contribution < 1.29 is 0 Å². The van der Waals surface area contributed by atoms with Crippen LogP contribution >= 0.6 is 11.3 Å². The summed E-state index contributed by atoms with van der Waals surface area (Å²) in [5.74, 6) is 1.69. The lowest BCUT2D eigenvalue weighted by molar-refractivity contribution is 0.726. The predicted molar refractivity (Wildman–Crippen MR) is 77.5 cm³/mol. The number of nitrogens with one attached hydrogen (secondary N) is 1. The normalized spacial score (nSPS) is 19.2. The van der Waals surface area contributed by atoms with E-state index in [9.17, 15) is 0 Å². The first-order chi connectivity index (χ1) is 8.78. The summed E-state index contributed by atoms with van der Waals surface area (Å²) in [7, 11) is 2.20. The molecule has 0 aliphatic heterocycles. The molecule has 1 N–H and O–H groups in total. The summed E-state index contributed by atoms with van der Waals surface area (Å²) in [4.78, 5) is 8.74. The van der Waals surface area contributed by atoms with E-state index in [4.69, 9.17) is 4.98 Å². The van der Waals surface area contributed by atoms with Gasteiger partial charge in [-0.05, 0) is 38.1 Å². The first-order valence-corrected chi connectivity index (χ1v) is 8.01. The average Bonchev–Trinajstić information content (AvgIpc) is 3.27. The summed E-state index contributed by atoms with van der Waals surface area (Å²) in [5.41, 5.74) is 1.39. The summed E-state index contributed by atoms with van der Waals surface area (Å²) in [5, 5.41) is 4.68. The molecule has 0 aromatic carbocycles. The minimum absolute atomic E-state index is 0.762. The highest BCUT2D eigenvalue weighted by Crippen LogP contribution is 2.44. The highest BCUT2D eigenvalue weighted by atomic mass is 32.1. The molecule has 3 rings (SSSR count). The van der Waals surface area contributed by atoms with E-state index in [1.54, 1.807) is 0 Å². The number of rotatable bonds is 7. The Morgan fingerprint density at radius 3 is 2.72 bits per heavy atom. The van der Waals surface area contributed by atoms with Crippen LogP contribution in [0.5, 0.6) is 0 Å². The van der Waals surface area contributed by atoms with E-state index in [1.807, 2.05) is 11.3 Å². The molecule has 18 heavy (non-hydrogen) atoms. The average molecular weight is 265 g/mol. The summed E-state index contributed by atoms with van der Waals surface area (Å²) in [6, 6.07) is 0. The number of nitrogens with zero attached hydrogens (tertiary/aromatic N) is 2. The Labute approximate surface area is 114 Å². The molecule has 0 bridgehead atoms. The Hall–Kier alpha value is -0.610. The van der Waals surface area contributed by atoms with Crippen LogP contribution in [0.2, 0.25) is 0 Å². The van der Waals surface area contributed by atoms with Crippen molar-refractivity contribution in [2.45, 2.75) is 45.1 Å². The van der Waals surface area contributed by atoms with Crippen LogP contribution in [0.1, 0.15) is 49.1 Å². The molecular weight excluding hydrogens is 242 g/mol. The SMILES string of the molecule is CCNCc1sc(N(C)CC2CC2)nc1C1CC1. The van der Waals surface area contributed by atoms with Gasteiger partial charge in [0.1, 0.15) is 0 Å². The molecule has 1 aromatic heterocycles. The summed E-state index contributed by atoms with van der Waals surface area (Å²) < 4.78 is 0. The van der Waals surface area contributed by atoms with Crippen molar-refractivity contribution in [3.63, 3.8) is 0 Å². The molecule has 0 amide bonds. The van der Waals surface area contributed by atoms with Gasteiger partial charge in [-0.3, -0.25) is 0 Å². The van der Waals surface area contributed by atoms with Gasteiger partial charge in [0.2, 0.25) is 0 Å². The lowest BCUT2D eigenvalue weighted by Gasteiger charge is -2.14. The maximum Gasteiger partial charge on any atom is 0.185 e. The van der Waals surface area contributed by atoms with Crippen LogP contribution in [0.15, 0.2) is 0 Å². The van der Waals surface area contributed by atoms with Crippen LogP contribution < -0.4 is 10.2 Å². The van der Waals surface area contributed by atoms with Gasteiger partial charge in [0.15, 0.2) is 5.13 Å². The molecule has 2 aliphatic carbocycles. The third-order valence-electron chi connectivity index (χ3n) is 3.77. The first kappa shape index (κ1) is 12.4. The fraction of sp³-hybridized carbons (Fsp3) is 0.786. The molecule has 0 saturated heterocycles. The Morgan fingerprint density at radius 1 is 1.33 bits per heavy atom. The monoisotopic (exact) mass is 265 g/mol. The molecule has 0 radical (unpaired) electrons. The second kappa shape index (κ2) is 5.17. The number of hydrogen-bond acceptors (Lipinski definition) is 4. The van der Waals surface area contributed by atoms with E-state index in [-0.39, 0.29) is 0 Å². The van der Waals surface area contributed by atoms with Crippen LogP contribution in [0.25, 0.3) is 0 Å². The fourth-order valence-electron chi connectivity index (χ4n) is 2.32. The third kappa shape index (κ3) is 2.86. The van der Waals surface area contributed by atoms with E-state index in [1.165, 1.54) is 47.9 Å². The molecule has 0 unspecified atom stereocenters. The van der Waals surface area contributed by atoms with E-state index in [0.717, 1.165) is 24.9 Å². The molecule has 2 fully saturated rings. The standard InChI is InChI=1S/C14H23N3S/c1-3-15-8-12-13(11-6-7-11)16-14(18-12)17(2)9-10-4-5-10/h10-11,15H,3-9H2,1-2H3. The van der Waals surface area contributed by atoms with Gasteiger partial charge in [-0.25, -0.2) is 4.98 Å². The molecule has 4 heteroatoms. The van der Waals surface area contributed by atoms with Crippen molar-refractivity contribution in [1.82, 2.24) is 10.3 Å². The van der Waals surface area contributed by atoms with E-state index < -0.39 is 0 Å². The molecular formula is C14H23N3S. The van der Waals surface area contributed by atoms with E-state index in [0.29, 0.717) is 0 Å². The van der Waals surface area contributed by atoms with Gasteiger partial charge >= 0.3 is 0 Å². The molecule has 1 heterocycles. The van der Waals surface area contributed by atoms with Gasteiger partial charge < -0.3 is 10.2 Å². The first-order valence-electron chi connectivity index (χ1n) is 7.19. The summed E-state index contributed by atoms with van der Waals surface area (Å²) >= 11 is 1.90. The predicted octanol–water partition coefficient (Wildman–Crippen LogP) is 2.98. The second-order valence-electron chi connectivity index (χ2n) is 5.68. The van der Waals surface area contributed by atoms with Crippen LogP contribution in [0.4, 0.5) is 5.13 Å². The van der Waals surface area contributed by atoms with Crippen LogP contribution in [0, 0.1) is 5.92 Å². The Balaban J connectivity index is 1.72. The molecule has 3 nitrogen and oxygen atoms in total. The molecule has 0 spiro atoms. The van der Waals surface area contributed by atoms with Gasteiger partial charge in [0.25, 0.3) is 0 Å². The van der Waals surface area contributed by atoms with Gasteiger partial charge in [-0.2, -0.15) is 0 Å². The fourth-order valence-corrected chi connectivity index (χ4v) is 3.41. The van der Waals surface area contributed by atoms with Gasteiger partial charge in [-0.15, -0.1) is 11.3 Å². The molecule has 2 saturated carbocycles. The van der Waals surface area contributed by atoms with E-state index >= 15 is 0 Å². The van der Waals surface area contributed by atoms with Crippen molar-refractivity contribution >= 4 is 16.5 Å². The van der Waals surface area contributed by atoms with Crippen LogP contribution in [0.3, 0.4) is 0 Å². The van der Waals surface area contributed by atoms with Crippen molar-refractivity contribution in [1.29, 1.82) is 0 Å². The zero-order valence-electron chi connectivity index (χ0n) is 11.4. The van der Waals surface area contributed by atoms with Crippen molar-refractivity contribution in [3.8, 4) is 0 Å². The van der Waals surface area contributed by atoms with Gasteiger partial charge in [-0.1, -0.05) is 6.92 Å². The number of anilines is 1. The van der Waals surface area contributed by atoms with Crippen molar-refractivity contribution in [2.24, 2.45) is 5.92 Å². The molecule has 1 aromatic rings. The van der Waals surface area contributed by atoms with E-state index in [2.05, 4.69) is 24.2 Å². The maximum atomic E-state index is 4.91. The Kier molecular flexibility index (Phi) is 3.57.